The van der Waals surface area contributed by atoms with E-state index in [0.717, 1.165) is 0 Å². The Morgan fingerprint density at radius 3 is 2.88 bits per heavy atom. The number of aromatic nitrogens is 4. The van der Waals surface area contributed by atoms with Gasteiger partial charge >= 0.3 is 5.69 Å². The lowest BCUT2D eigenvalue weighted by molar-refractivity contribution is -0.385. The van der Waals surface area contributed by atoms with Crippen molar-refractivity contribution in [2.24, 2.45) is 0 Å². The van der Waals surface area contributed by atoms with E-state index < -0.39 is 4.92 Å². The van der Waals surface area contributed by atoms with Crippen molar-refractivity contribution in [1.29, 1.82) is 0 Å². The quantitative estimate of drug-likeness (QED) is 0.587. The molecule has 8 heteroatoms. The first-order valence-electron chi connectivity index (χ1n) is 5.05. The molecule has 0 atom stereocenters. The van der Waals surface area contributed by atoms with E-state index in [4.69, 9.17) is 4.52 Å². The van der Waals surface area contributed by atoms with Crippen molar-refractivity contribution in [2.45, 2.75) is 26.3 Å². The Kier molecular flexibility index (Phi) is 2.86. The summed E-state index contributed by atoms with van der Waals surface area (Å²) >= 11 is 0. The third-order valence-electron chi connectivity index (χ3n) is 2.11. The van der Waals surface area contributed by atoms with Crippen molar-refractivity contribution in [3.63, 3.8) is 0 Å². The van der Waals surface area contributed by atoms with Gasteiger partial charge in [-0.3, -0.25) is 14.8 Å². The fourth-order valence-corrected chi connectivity index (χ4v) is 1.24. The molecule has 0 saturated carbocycles. The van der Waals surface area contributed by atoms with Gasteiger partial charge in [0, 0.05) is 5.92 Å². The average molecular weight is 237 g/mol. The molecule has 0 unspecified atom stereocenters. The Labute approximate surface area is 96.4 Å². The van der Waals surface area contributed by atoms with Crippen LogP contribution in [0.1, 0.15) is 31.5 Å². The fraction of sp³-hybridized carbons (Fsp3) is 0.444. The summed E-state index contributed by atoms with van der Waals surface area (Å²) in [6.45, 7) is 4.14. The van der Waals surface area contributed by atoms with Gasteiger partial charge in [-0.1, -0.05) is 19.0 Å². The van der Waals surface area contributed by atoms with E-state index in [-0.39, 0.29) is 18.2 Å². The zero-order valence-corrected chi connectivity index (χ0v) is 9.40. The molecule has 0 spiro atoms. The van der Waals surface area contributed by atoms with Crippen LogP contribution in [0.15, 0.2) is 16.9 Å². The van der Waals surface area contributed by atoms with Crippen molar-refractivity contribution in [2.75, 3.05) is 0 Å². The van der Waals surface area contributed by atoms with Gasteiger partial charge in [0.15, 0.2) is 5.82 Å². The van der Waals surface area contributed by atoms with Gasteiger partial charge in [-0.15, -0.1) is 0 Å². The second-order valence-corrected chi connectivity index (χ2v) is 3.86. The number of hydrogen-bond donors (Lipinski definition) is 0. The van der Waals surface area contributed by atoms with Gasteiger partial charge in [0.1, 0.15) is 18.9 Å². The van der Waals surface area contributed by atoms with Crippen LogP contribution in [-0.2, 0) is 6.54 Å². The zero-order chi connectivity index (χ0) is 12.4. The molecule has 0 N–H and O–H groups in total. The Morgan fingerprint density at radius 1 is 1.59 bits per heavy atom. The summed E-state index contributed by atoms with van der Waals surface area (Å²) in [7, 11) is 0. The van der Waals surface area contributed by atoms with Gasteiger partial charge in [0.25, 0.3) is 0 Å². The number of rotatable bonds is 4. The Morgan fingerprint density at radius 2 is 2.35 bits per heavy atom. The monoisotopic (exact) mass is 237 g/mol. The number of nitrogens with zero attached hydrogens (tertiary/aromatic N) is 5. The van der Waals surface area contributed by atoms with Crippen LogP contribution < -0.4 is 0 Å². The second-order valence-electron chi connectivity index (χ2n) is 3.86. The molecule has 8 nitrogen and oxygen atoms in total. The SMILES string of the molecule is CC(C)c1nc(Cn2cc([N+](=O)[O-])cn2)no1. The molecule has 2 aromatic rings. The summed E-state index contributed by atoms with van der Waals surface area (Å²) in [6, 6.07) is 0. The zero-order valence-electron chi connectivity index (χ0n) is 9.40. The van der Waals surface area contributed by atoms with Gasteiger partial charge in [0.2, 0.25) is 5.89 Å². The highest BCUT2D eigenvalue weighted by Gasteiger charge is 2.13. The summed E-state index contributed by atoms with van der Waals surface area (Å²) < 4.78 is 6.41. The minimum atomic E-state index is -0.501. The summed E-state index contributed by atoms with van der Waals surface area (Å²) in [4.78, 5) is 14.1. The van der Waals surface area contributed by atoms with Gasteiger partial charge in [-0.05, 0) is 0 Å². The van der Waals surface area contributed by atoms with Crippen LogP contribution in [0.3, 0.4) is 0 Å². The lowest BCUT2D eigenvalue weighted by Crippen LogP contribution is -2.02. The first-order valence-corrected chi connectivity index (χ1v) is 5.05. The molecule has 90 valence electrons. The van der Waals surface area contributed by atoms with Crippen molar-refractivity contribution >= 4 is 5.69 Å². The highest BCUT2D eigenvalue weighted by atomic mass is 16.6. The van der Waals surface area contributed by atoms with Crippen LogP contribution in [0.2, 0.25) is 0 Å². The maximum absolute atomic E-state index is 10.5. The van der Waals surface area contributed by atoms with Crippen molar-refractivity contribution in [3.8, 4) is 0 Å². The van der Waals surface area contributed by atoms with Gasteiger partial charge in [-0.25, -0.2) is 0 Å². The van der Waals surface area contributed by atoms with E-state index in [1.165, 1.54) is 17.1 Å². The standard InChI is InChI=1S/C9H11N5O3/c1-6(2)9-11-8(12-17-9)5-13-4-7(3-10-13)14(15)16/h3-4,6H,5H2,1-2H3. The molecular formula is C9H11N5O3. The maximum atomic E-state index is 10.5. The molecule has 2 heterocycles. The van der Waals surface area contributed by atoms with E-state index in [2.05, 4.69) is 15.2 Å². The third kappa shape index (κ3) is 2.47. The van der Waals surface area contributed by atoms with E-state index in [1.54, 1.807) is 0 Å². The Hall–Kier alpha value is -2.25. The van der Waals surface area contributed by atoms with E-state index in [1.807, 2.05) is 13.8 Å². The lowest BCUT2D eigenvalue weighted by Gasteiger charge is -1.94. The molecule has 0 amide bonds. The van der Waals surface area contributed by atoms with Crippen LogP contribution >= 0.6 is 0 Å². The molecule has 0 bridgehead atoms. The third-order valence-corrected chi connectivity index (χ3v) is 2.11. The lowest BCUT2D eigenvalue weighted by atomic mass is 10.2. The topological polar surface area (TPSA) is 99.9 Å². The molecule has 2 rings (SSSR count). The summed E-state index contributed by atoms with van der Waals surface area (Å²) in [6.07, 6.45) is 2.51. The van der Waals surface area contributed by atoms with Crippen LogP contribution in [0.5, 0.6) is 0 Å². The minimum absolute atomic E-state index is 0.0578. The Bertz CT molecular complexity index is 530. The summed E-state index contributed by atoms with van der Waals surface area (Å²) in [5, 5.41) is 18.1. The first kappa shape index (κ1) is 11.2. The first-order chi connectivity index (χ1) is 8.06. The molecule has 0 radical (unpaired) electrons. The molecular weight excluding hydrogens is 226 g/mol. The van der Waals surface area contributed by atoms with Crippen LogP contribution in [0.4, 0.5) is 5.69 Å². The van der Waals surface area contributed by atoms with Crippen LogP contribution in [0.25, 0.3) is 0 Å². The summed E-state index contributed by atoms with van der Waals surface area (Å²) in [5.41, 5.74) is -0.0578. The highest BCUT2D eigenvalue weighted by Crippen LogP contribution is 2.12. The van der Waals surface area contributed by atoms with Gasteiger partial charge in [-0.2, -0.15) is 10.1 Å². The van der Waals surface area contributed by atoms with Crippen molar-refractivity contribution in [3.05, 3.63) is 34.2 Å². The molecule has 0 aliphatic rings. The van der Waals surface area contributed by atoms with E-state index in [0.29, 0.717) is 11.7 Å². The second kappa shape index (κ2) is 4.32. The largest absolute Gasteiger partial charge is 0.339 e. The molecule has 2 aromatic heterocycles. The summed E-state index contributed by atoms with van der Waals surface area (Å²) in [5.74, 6) is 1.15. The molecule has 0 saturated heterocycles. The smallest absolute Gasteiger partial charge is 0.307 e. The van der Waals surface area contributed by atoms with Crippen LogP contribution in [-0.4, -0.2) is 24.8 Å². The normalized spacial score (nSPS) is 11.0. The number of nitro groups is 1. The minimum Gasteiger partial charge on any atom is -0.339 e. The van der Waals surface area contributed by atoms with Crippen LogP contribution in [0, 0.1) is 10.1 Å². The highest BCUT2D eigenvalue weighted by molar-refractivity contribution is 5.20. The van der Waals surface area contributed by atoms with E-state index >= 15 is 0 Å². The molecule has 17 heavy (non-hydrogen) atoms. The molecule has 0 aliphatic carbocycles. The Balaban J connectivity index is 2.11. The number of hydrogen-bond acceptors (Lipinski definition) is 6. The fourth-order valence-electron chi connectivity index (χ4n) is 1.24. The molecule has 0 fully saturated rings. The van der Waals surface area contributed by atoms with Gasteiger partial charge in [0.05, 0.1) is 4.92 Å². The van der Waals surface area contributed by atoms with Crippen molar-refractivity contribution in [1.82, 2.24) is 19.9 Å². The maximum Gasteiger partial charge on any atom is 0.307 e. The van der Waals surface area contributed by atoms with Crippen molar-refractivity contribution < 1.29 is 9.45 Å². The van der Waals surface area contributed by atoms with Gasteiger partial charge < -0.3 is 4.52 Å². The molecule has 0 aliphatic heterocycles. The predicted molar refractivity (Wildman–Crippen MR) is 56.4 cm³/mol. The average Bonchev–Trinajstić information content (AvgIpc) is 2.87. The predicted octanol–water partition coefficient (Wildman–Crippen LogP) is 1.35. The molecule has 0 aromatic carbocycles. The van der Waals surface area contributed by atoms with E-state index in [9.17, 15) is 10.1 Å².